The summed E-state index contributed by atoms with van der Waals surface area (Å²) in [5, 5.41) is 0. The van der Waals surface area contributed by atoms with Crippen molar-refractivity contribution in [2.45, 2.75) is 31.6 Å². The molecule has 26 heavy (non-hydrogen) atoms. The molecule has 0 aliphatic carbocycles. The fraction of sp³-hybridized carbons (Fsp3) is 0.556. The monoisotopic (exact) mass is 367 g/mol. The molecular formula is C18H20F3N3O2. The van der Waals surface area contributed by atoms with Crippen molar-refractivity contribution in [2.75, 3.05) is 31.1 Å². The van der Waals surface area contributed by atoms with E-state index in [1.54, 1.807) is 11.0 Å². The number of alkyl halides is 2. The van der Waals surface area contributed by atoms with Crippen molar-refractivity contribution in [3.05, 3.63) is 24.0 Å². The molecule has 1 aromatic heterocycles. The predicted molar refractivity (Wildman–Crippen MR) is 89.7 cm³/mol. The zero-order valence-electron chi connectivity index (χ0n) is 14.3. The highest BCUT2D eigenvalue weighted by Crippen LogP contribution is 2.31. The number of hydrogen-bond acceptors (Lipinski definition) is 4. The quantitative estimate of drug-likeness (QED) is 0.816. The summed E-state index contributed by atoms with van der Waals surface area (Å²) in [6, 6.07) is 4.63. The molecule has 0 atom stereocenters. The van der Waals surface area contributed by atoms with Crippen LogP contribution in [0.15, 0.2) is 22.6 Å². The maximum absolute atomic E-state index is 13.3. The molecule has 0 spiro atoms. The first-order valence-corrected chi connectivity index (χ1v) is 8.89. The van der Waals surface area contributed by atoms with Crippen LogP contribution in [0.3, 0.4) is 0 Å². The minimum Gasteiger partial charge on any atom is -0.423 e. The predicted octanol–water partition coefficient (Wildman–Crippen LogP) is 3.44. The Morgan fingerprint density at radius 1 is 1.15 bits per heavy atom. The molecule has 0 N–H and O–H groups in total. The minimum atomic E-state index is -2.65. The molecule has 2 saturated heterocycles. The molecule has 0 unspecified atom stereocenters. The molecule has 2 fully saturated rings. The van der Waals surface area contributed by atoms with Gasteiger partial charge in [-0.05, 0) is 25.0 Å². The number of likely N-dealkylation sites (tertiary alicyclic amines) is 1. The molecule has 1 amide bonds. The van der Waals surface area contributed by atoms with Gasteiger partial charge in [0.05, 0.1) is 0 Å². The van der Waals surface area contributed by atoms with Gasteiger partial charge in [0.15, 0.2) is 5.58 Å². The number of hydrogen-bond donors (Lipinski definition) is 0. The van der Waals surface area contributed by atoms with E-state index in [1.807, 2.05) is 4.90 Å². The first-order chi connectivity index (χ1) is 12.4. The highest BCUT2D eigenvalue weighted by molar-refractivity contribution is 5.79. The topological polar surface area (TPSA) is 49.6 Å². The molecule has 0 radical (unpaired) electrons. The number of oxazole rings is 1. The molecule has 0 saturated carbocycles. The van der Waals surface area contributed by atoms with Gasteiger partial charge in [-0.3, -0.25) is 4.79 Å². The van der Waals surface area contributed by atoms with Gasteiger partial charge in [-0.25, -0.2) is 13.2 Å². The number of carbonyl (C=O) groups excluding carboxylic acids is 1. The maximum Gasteiger partial charge on any atom is 0.298 e. The Bertz CT molecular complexity index is 805. The van der Waals surface area contributed by atoms with Crippen LogP contribution >= 0.6 is 0 Å². The van der Waals surface area contributed by atoms with Gasteiger partial charge in [0.25, 0.3) is 11.9 Å². The van der Waals surface area contributed by atoms with Crippen LogP contribution in [0, 0.1) is 11.7 Å². The maximum atomic E-state index is 13.3. The number of benzene rings is 1. The first-order valence-electron chi connectivity index (χ1n) is 8.89. The molecule has 3 heterocycles. The van der Waals surface area contributed by atoms with E-state index in [2.05, 4.69) is 4.98 Å². The summed E-state index contributed by atoms with van der Waals surface area (Å²) in [6.07, 6.45) is 0.742. The molecular weight excluding hydrogens is 347 g/mol. The smallest absolute Gasteiger partial charge is 0.298 e. The van der Waals surface area contributed by atoms with Gasteiger partial charge in [-0.15, -0.1) is 0 Å². The summed E-state index contributed by atoms with van der Waals surface area (Å²) < 4.78 is 45.4. The normalized spacial score (nSPS) is 21.3. The van der Waals surface area contributed by atoms with Crippen LogP contribution in [0.5, 0.6) is 0 Å². The number of rotatable bonds is 2. The summed E-state index contributed by atoms with van der Waals surface area (Å²) in [5.74, 6) is -3.21. The largest absolute Gasteiger partial charge is 0.423 e. The number of fused-ring (bicyclic) bond motifs is 1. The van der Waals surface area contributed by atoms with Crippen LogP contribution in [0.25, 0.3) is 11.1 Å². The van der Waals surface area contributed by atoms with E-state index >= 15 is 0 Å². The third-order valence-corrected chi connectivity index (χ3v) is 5.26. The van der Waals surface area contributed by atoms with Gasteiger partial charge in [0.2, 0.25) is 5.91 Å². The van der Waals surface area contributed by atoms with Gasteiger partial charge in [0, 0.05) is 51.0 Å². The Morgan fingerprint density at radius 3 is 2.54 bits per heavy atom. The first kappa shape index (κ1) is 17.2. The summed E-state index contributed by atoms with van der Waals surface area (Å²) in [6.45, 7) is 1.44. The van der Waals surface area contributed by atoms with E-state index in [4.69, 9.17) is 4.42 Å². The lowest BCUT2D eigenvalue weighted by Crippen LogP contribution is -2.47. The summed E-state index contributed by atoms with van der Waals surface area (Å²) in [5.41, 5.74) is 0.987. The van der Waals surface area contributed by atoms with Gasteiger partial charge in [-0.2, -0.15) is 4.98 Å². The molecule has 0 bridgehead atoms. The van der Waals surface area contributed by atoms with Crippen molar-refractivity contribution < 1.29 is 22.4 Å². The van der Waals surface area contributed by atoms with Crippen molar-refractivity contribution in [3.8, 4) is 0 Å². The third-order valence-electron chi connectivity index (χ3n) is 5.26. The van der Waals surface area contributed by atoms with Crippen molar-refractivity contribution in [1.82, 2.24) is 9.88 Å². The number of halogens is 3. The number of carbonyl (C=O) groups is 1. The van der Waals surface area contributed by atoms with E-state index in [9.17, 15) is 18.0 Å². The van der Waals surface area contributed by atoms with E-state index < -0.39 is 5.92 Å². The molecule has 2 aliphatic heterocycles. The van der Waals surface area contributed by atoms with Crippen LogP contribution in [0.1, 0.15) is 25.7 Å². The zero-order chi connectivity index (χ0) is 18.3. The van der Waals surface area contributed by atoms with Crippen LogP contribution < -0.4 is 4.90 Å². The molecule has 8 heteroatoms. The highest BCUT2D eigenvalue weighted by atomic mass is 19.3. The lowest BCUT2D eigenvalue weighted by molar-refractivity contribution is -0.142. The van der Waals surface area contributed by atoms with Crippen molar-refractivity contribution in [1.29, 1.82) is 0 Å². The molecule has 2 aromatic rings. The minimum absolute atomic E-state index is 0.0280. The van der Waals surface area contributed by atoms with Crippen molar-refractivity contribution >= 4 is 23.0 Å². The number of piperidine rings is 2. The van der Waals surface area contributed by atoms with Crippen LogP contribution in [0.4, 0.5) is 19.2 Å². The van der Waals surface area contributed by atoms with E-state index in [0.717, 1.165) is 0 Å². The van der Waals surface area contributed by atoms with E-state index in [0.29, 0.717) is 43.0 Å². The summed E-state index contributed by atoms with van der Waals surface area (Å²) in [4.78, 5) is 20.4. The van der Waals surface area contributed by atoms with Crippen LogP contribution in [-0.4, -0.2) is 47.9 Å². The lowest BCUT2D eigenvalue weighted by atomic mass is 9.94. The number of amides is 1. The number of aromatic nitrogens is 1. The second-order valence-corrected chi connectivity index (χ2v) is 7.05. The van der Waals surface area contributed by atoms with Gasteiger partial charge < -0.3 is 14.2 Å². The Labute approximate surface area is 148 Å². The second-order valence-electron chi connectivity index (χ2n) is 7.05. The van der Waals surface area contributed by atoms with Gasteiger partial charge >= 0.3 is 0 Å². The average Bonchev–Trinajstić information content (AvgIpc) is 3.04. The Hall–Kier alpha value is -2.25. The van der Waals surface area contributed by atoms with Crippen LogP contribution in [0.2, 0.25) is 0 Å². The Kier molecular flexibility index (Phi) is 4.28. The van der Waals surface area contributed by atoms with Gasteiger partial charge in [0.1, 0.15) is 11.3 Å². The molecule has 5 nitrogen and oxygen atoms in total. The lowest BCUT2D eigenvalue weighted by Gasteiger charge is -2.36. The number of nitrogens with zero attached hydrogens (tertiary/aromatic N) is 3. The highest BCUT2D eigenvalue weighted by Gasteiger charge is 2.38. The number of anilines is 1. The van der Waals surface area contributed by atoms with Gasteiger partial charge in [-0.1, -0.05) is 0 Å². The SMILES string of the molecule is O=C(C1CCN(c2nc3ccc(F)cc3o2)CC1)N1CCC(F)(F)CC1. The summed E-state index contributed by atoms with van der Waals surface area (Å²) in [7, 11) is 0. The molecule has 4 rings (SSSR count). The Balaban J connectivity index is 1.36. The molecule has 2 aliphatic rings. The standard InChI is InChI=1S/C18H20F3N3O2/c19-13-1-2-14-15(11-13)26-17(22-14)24-7-3-12(4-8-24)16(25)23-9-5-18(20,21)6-10-23/h1-2,11-12H,3-10H2. The zero-order valence-corrected chi connectivity index (χ0v) is 14.3. The van der Waals surface area contributed by atoms with Crippen molar-refractivity contribution in [2.24, 2.45) is 5.92 Å². The third kappa shape index (κ3) is 3.37. The van der Waals surface area contributed by atoms with Crippen LogP contribution in [-0.2, 0) is 4.79 Å². The average molecular weight is 367 g/mol. The summed E-state index contributed by atoms with van der Waals surface area (Å²) >= 11 is 0. The second kappa shape index (κ2) is 6.48. The fourth-order valence-electron chi connectivity index (χ4n) is 3.65. The fourth-order valence-corrected chi connectivity index (χ4v) is 3.65. The van der Waals surface area contributed by atoms with E-state index in [1.165, 1.54) is 12.1 Å². The van der Waals surface area contributed by atoms with Crippen molar-refractivity contribution in [3.63, 3.8) is 0 Å². The van der Waals surface area contributed by atoms with E-state index in [-0.39, 0.29) is 43.6 Å². The molecule has 140 valence electrons. The molecule has 1 aromatic carbocycles. The Morgan fingerprint density at radius 2 is 1.85 bits per heavy atom.